The molecule has 0 radical (unpaired) electrons. The zero-order valence-electron chi connectivity index (χ0n) is 17.0. The molecule has 2 N–H and O–H groups in total. The van der Waals surface area contributed by atoms with E-state index in [4.69, 9.17) is 10.5 Å². The molecule has 2 aromatic carbocycles. The Bertz CT molecular complexity index is 1010. The van der Waals surface area contributed by atoms with Gasteiger partial charge in [0.05, 0.1) is 5.56 Å². The summed E-state index contributed by atoms with van der Waals surface area (Å²) >= 11 is 0. The zero-order chi connectivity index (χ0) is 20.9. The summed E-state index contributed by atoms with van der Waals surface area (Å²) in [7, 11) is 0. The van der Waals surface area contributed by atoms with Gasteiger partial charge in [-0.05, 0) is 60.7 Å². The number of ether oxygens (including phenoxy) is 1. The van der Waals surface area contributed by atoms with E-state index in [1.54, 1.807) is 24.3 Å². The lowest BCUT2D eigenvalue weighted by Gasteiger charge is -2.33. The Morgan fingerprint density at radius 3 is 2.58 bits per heavy atom. The SMILES string of the molecule is Cl.NC(=O)c1ccc(Oc2ccc(CN3CCCC(c4ccccc4F)C3)cc2)nc1. The van der Waals surface area contributed by atoms with E-state index in [1.165, 1.54) is 11.8 Å². The third-order valence-electron chi connectivity index (χ3n) is 5.42. The van der Waals surface area contributed by atoms with E-state index in [2.05, 4.69) is 9.88 Å². The van der Waals surface area contributed by atoms with Gasteiger partial charge in [-0.25, -0.2) is 9.37 Å². The fourth-order valence-electron chi connectivity index (χ4n) is 3.89. The molecule has 5 nitrogen and oxygen atoms in total. The first kappa shape index (κ1) is 22.7. The molecular formula is C24H25ClFN3O2. The van der Waals surface area contributed by atoms with E-state index >= 15 is 0 Å². The summed E-state index contributed by atoms with van der Waals surface area (Å²) in [6.07, 6.45) is 3.48. The average molecular weight is 442 g/mol. The van der Waals surface area contributed by atoms with Crippen molar-refractivity contribution >= 4 is 18.3 Å². The average Bonchev–Trinajstić information content (AvgIpc) is 2.76. The molecule has 31 heavy (non-hydrogen) atoms. The van der Waals surface area contributed by atoms with Gasteiger partial charge in [-0.3, -0.25) is 9.69 Å². The Hall–Kier alpha value is -2.96. The fraction of sp³-hybridized carbons (Fsp3) is 0.250. The lowest BCUT2D eigenvalue weighted by molar-refractivity contribution is 0.1000. The maximum absolute atomic E-state index is 14.2. The van der Waals surface area contributed by atoms with E-state index in [1.807, 2.05) is 36.4 Å². The number of hydrogen-bond acceptors (Lipinski definition) is 4. The molecule has 0 bridgehead atoms. The molecule has 1 aromatic heterocycles. The molecule has 2 heterocycles. The van der Waals surface area contributed by atoms with Crippen LogP contribution < -0.4 is 10.5 Å². The van der Waals surface area contributed by atoms with Gasteiger partial charge >= 0.3 is 0 Å². The molecule has 162 valence electrons. The molecule has 0 spiro atoms. The van der Waals surface area contributed by atoms with Gasteiger partial charge in [-0.1, -0.05) is 30.3 Å². The van der Waals surface area contributed by atoms with E-state index in [0.717, 1.165) is 38.0 Å². The molecule has 1 aliphatic rings. The monoisotopic (exact) mass is 441 g/mol. The molecule has 4 rings (SSSR count). The molecule has 1 unspecified atom stereocenters. The fourth-order valence-corrected chi connectivity index (χ4v) is 3.89. The van der Waals surface area contributed by atoms with Gasteiger partial charge < -0.3 is 10.5 Å². The topological polar surface area (TPSA) is 68.5 Å². The number of likely N-dealkylation sites (tertiary alicyclic amines) is 1. The van der Waals surface area contributed by atoms with Crippen LogP contribution >= 0.6 is 12.4 Å². The number of nitrogens with zero attached hydrogens (tertiary/aromatic N) is 2. The predicted molar refractivity (Wildman–Crippen MR) is 120 cm³/mol. The molecule has 7 heteroatoms. The van der Waals surface area contributed by atoms with Gasteiger partial charge in [-0.15, -0.1) is 12.4 Å². The first-order chi connectivity index (χ1) is 14.6. The Morgan fingerprint density at radius 2 is 1.90 bits per heavy atom. The minimum Gasteiger partial charge on any atom is -0.439 e. The van der Waals surface area contributed by atoms with Gasteiger partial charge in [0.15, 0.2) is 0 Å². The van der Waals surface area contributed by atoms with Gasteiger partial charge in [0.2, 0.25) is 11.8 Å². The molecule has 1 saturated heterocycles. The standard InChI is InChI=1S/C24H24FN3O2.ClH/c25-22-6-2-1-5-21(22)19-4-3-13-28(16-19)15-17-7-10-20(11-8-17)30-23-12-9-18(14-27-23)24(26)29;/h1-2,5-12,14,19H,3-4,13,15-16H2,(H2,26,29);1H. The maximum Gasteiger partial charge on any atom is 0.250 e. The predicted octanol–water partition coefficient (Wildman–Crippen LogP) is 4.91. The largest absolute Gasteiger partial charge is 0.439 e. The van der Waals surface area contributed by atoms with Crippen molar-refractivity contribution in [1.29, 1.82) is 0 Å². The zero-order valence-corrected chi connectivity index (χ0v) is 17.9. The van der Waals surface area contributed by atoms with Crippen molar-refractivity contribution < 1.29 is 13.9 Å². The Labute approximate surface area is 187 Å². The quantitative estimate of drug-likeness (QED) is 0.590. The lowest BCUT2D eigenvalue weighted by Crippen LogP contribution is -2.34. The summed E-state index contributed by atoms with van der Waals surface area (Å²) in [4.78, 5) is 17.6. The second-order valence-corrected chi connectivity index (χ2v) is 7.59. The summed E-state index contributed by atoms with van der Waals surface area (Å²) < 4.78 is 19.9. The summed E-state index contributed by atoms with van der Waals surface area (Å²) in [5.41, 5.74) is 7.55. The van der Waals surface area contributed by atoms with Crippen molar-refractivity contribution in [3.05, 3.63) is 89.4 Å². The van der Waals surface area contributed by atoms with Crippen molar-refractivity contribution in [3.63, 3.8) is 0 Å². The number of primary amides is 1. The first-order valence-electron chi connectivity index (χ1n) is 10.1. The number of halogens is 2. The maximum atomic E-state index is 14.2. The van der Waals surface area contributed by atoms with Gasteiger partial charge in [0.25, 0.3) is 0 Å². The summed E-state index contributed by atoms with van der Waals surface area (Å²) in [6.45, 7) is 2.69. The number of amides is 1. The van der Waals surface area contributed by atoms with Crippen LogP contribution in [0.15, 0.2) is 66.9 Å². The molecule has 1 aliphatic heterocycles. The number of hydrogen-bond donors (Lipinski definition) is 1. The van der Waals surface area contributed by atoms with Crippen LogP contribution in [0.25, 0.3) is 0 Å². The molecule has 0 aliphatic carbocycles. The highest BCUT2D eigenvalue weighted by atomic mass is 35.5. The third-order valence-corrected chi connectivity index (χ3v) is 5.42. The summed E-state index contributed by atoms with van der Waals surface area (Å²) in [5, 5.41) is 0. The first-order valence-corrected chi connectivity index (χ1v) is 10.1. The second-order valence-electron chi connectivity index (χ2n) is 7.59. The number of carbonyl (C=O) groups excluding carboxylic acids is 1. The highest BCUT2D eigenvalue weighted by Gasteiger charge is 2.23. The number of benzene rings is 2. The number of nitrogens with two attached hydrogens (primary N) is 1. The minimum atomic E-state index is -0.520. The second kappa shape index (κ2) is 10.4. The van der Waals surface area contributed by atoms with Crippen LogP contribution in [0.2, 0.25) is 0 Å². The summed E-state index contributed by atoms with van der Waals surface area (Å²) in [6, 6.07) is 18.2. The normalized spacial score (nSPS) is 16.4. The molecule has 0 saturated carbocycles. The van der Waals surface area contributed by atoms with Crippen molar-refractivity contribution in [1.82, 2.24) is 9.88 Å². The Balaban J connectivity index is 0.00000272. The van der Waals surface area contributed by atoms with E-state index in [0.29, 0.717) is 17.2 Å². The lowest BCUT2D eigenvalue weighted by atomic mass is 9.90. The molecule has 3 aromatic rings. The summed E-state index contributed by atoms with van der Waals surface area (Å²) in [5.74, 6) is 0.672. The van der Waals surface area contributed by atoms with Gasteiger partial charge in [0, 0.05) is 25.4 Å². The van der Waals surface area contributed by atoms with Gasteiger partial charge in [0.1, 0.15) is 11.6 Å². The molecule has 1 fully saturated rings. The Kier molecular flexibility index (Phi) is 7.60. The van der Waals surface area contributed by atoms with E-state index in [9.17, 15) is 9.18 Å². The van der Waals surface area contributed by atoms with E-state index < -0.39 is 5.91 Å². The Morgan fingerprint density at radius 1 is 1.13 bits per heavy atom. The van der Waals surface area contributed by atoms with Crippen LogP contribution in [0, 0.1) is 5.82 Å². The van der Waals surface area contributed by atoms with E-state index in [-0.39, 0.29) is 24.1 Å². The highest BCUT2D eigenvalue weighted by Crippen LogP contribution is 2.29. The number of rotatable bonds is 6. The smallest absolute Gasteiger partial charge is 0.250 e. The van der Waals surface area contributed by atoms with Crippen LogP contribution in [-0.4, -0.2) is 28.9 Å². The number of aromatic nitrogens is 1. The number of piperidine rings is 1. The molecule has 1 atom stereocenters. The minimum absolute atomic E-state index is 0. The highest BCUT2D eigenvalue weighted by molar-refractivity contribution is 5.92. The van der Waals surface area contributed by atoms with Crippen LogP contribution in [0.4, 0.5) is 4.39 Å². The number of carbonyl (C=O) groups is 1. The molecular weight excluding hydrogens is 417 g/mol. The van der Waals surface area contributed by atoms with Gasteiger partial charge in [-0.2, -0.15) is 0 Å². The van der Waals surface area contributed by atoms with Crippen molar-refractivity contribution in [2.75, 3.05) is 13.1 Å². The van der Waals surface area contributed by atoms with Crippen LogP contribution in [0.5, 0.6) is 11.6 Å². The van der Waals surface area contributed by atoms with Crippen LogP contribution in [0.1, 0.15) is 40.2 Å². The van der Waals surface area contributed by atoms with Crippen LogP contribution in [0.3, 0.4) is 0 Å². The van der Waals surface area contributed by atoms with Crippen molar-refractivity contribution in [3.8, 4) is 11.6 Å². The molecule has 1 amide bonds. The van der Waals surface area contributed by atoms with Crippen molar-refractivity contribution in [2.45, 2.75) is 25.3 Å². The number of pyridine rings is 1. The third kappa shape index (κ3) is 5.81. The van der Waals surface area contributed by atoms with Crippen LogP contribution in [-0.2, 0) is 6.54 Å². The van der Waals surface area contributed by atoms with Crippen molar-refractivity contribution in [2.24, 2.45) is 5.73 Å².